The van der Waals surface area contributed by atoms with Crippen molar-refractivity contribution in [1.29, 1.82) is 0 Å². The summed E-state index contributed by atoms with van der Waals surface area (Å²) in [4.78, 5) is 4.31. The van der Waals surface area contributed by atoms with Crippen LogP contribution in [0, 0.1) is 0 Å². The minimum atomic E-state index is 0.179. The second kappa shape index (κ2) is 6.74. The van der Waals surface area contributed by atoms with Crippen LogP contribution < -0.4 is 10.1 Å². The first-order valence-corrected chi connectivity index (χ1v) is 7.81. The summed E-state index contributed by atoms with van der Waals surface area (Å²) in [6.45, 7) is 2.19. The van der Waals surface area contributed by atoms with Crippen molar-refractivity contribution in [2.45, 2.75) is 50.8 Å². The van der Waals surface area contributed by atoms with Gasteiger partial charge in [-0.2, -0.15) is 0 Å². The molecule has 1 atom stereocenters. The second-order valence-corrected chi connectivity index (χ2v) is 5.99. The van der Waals surface area contributed by atoms with Gasteiger partial charge < -0.3 is 14.8 Å². The lowest BCUT2D eigenvalue weighted by Crippen LogP contribution is -2.26. The van der Waals surface area contributed by atoms with Crippen molar-refractivity contribution in [3.63, 3.8) is 0 Å². The third-order valence-electron chi connectivity index (χ3n) is 3.72. The van der Waals surface area contributed by atoms with Gasteiger partial charge in [-0.1, -0.05) is 11.6 Å². The predicted molar refractivity (Wildman–Crippen MR) is 78.2 cm³/mol. The Bertz CT molecular complexity index is 445. The molecule has 0 bridgehead atoms. The minimum absolute atomic E-state index is 0.179. The van der Waals surface area contributed by atoms with Gasteiger partial charge >= 0.3 is 0 Å². The molecule has 3 rings (SSSR count). The third-order valence-corrected chi connectivity index (χ3v) is 3.99. The van der Waals surface area contributed by atoms with Crippen LogP contribution >= 0.6 is 11.6 Å². The number of halogens is 1. The lowest BCUT2D eigenvalue weighted by Gasteiger charge is -2.22. The average Bonchev–Trinajstić information content (AvgIpc) is 3.29. The first-order valence-electron chi connectivity index (χ1n) is 7.43. The summed E-state index contributed by atoms with van der Waals surface area (Å²) in [5.74, 6) is 0.510. The maximum atomic E-state index is 6.22. The molecule has 4 nitrogen and oxygen atoms in total. The van der Waals surface area contributed by atoms with E-state index in [4.69, 9.17) is 21.1 Å². The number of nitrogens with one attached hydrogen (secondary N) is 1. The van der Waals surface area contributed by atoms with Crippen LogP contribution in [-0.4, -0.2) is 30.3 Å². The first-order chi connectivity index (χ1) is 9.81. The molecule has 2 heterocycles. The summed E-state index contributed by atoms with van der Waals surface area (Å²) in [6, 6.07) is 2.62. The maximum Gasteiger partial charge on any atom is 0.232 e. The van der Waals surface area contributed by atoms with E-state index in [0.29, 0.717) is 23.6 Å². The Hall–Kier alpha value is -0.840. The molecule has 5 heteroatoms. The average molecular weight is 297 g/mol. The van der Waals surface area contributed by atoms with Gasteiger partial charge in [0, 0.05) is 25.4 Å². The largest absolute Gasteiger partial charge is 0.474 e. The Labute approximate surface area is 124 Å². The number of hydrogen-bond acceptors (Lipinski definition) is 4. The number of aromatic nitrogens is 1. The molecule has 2 fully saturated rings. The molecule has 1 N–H and O–H groups in total. The summed E-state index contributed by atoms with van der Waals surface area (Å²) in [6.07, 6.45) is 7.99. The van der Waals surface area contributed by atoms with Gasteiger partial charge in [-0.05, 0) is 43.7 Å². The molecule has 1 aromatic rings. The smallest absolute Gasteiger partial charge is 0.232 e. The van der Waals surface area contributed by atoms with Gasteiger partial charge in [-0.3, -0.25) is 0 Å². The molecule has 20 heavy (non-hydrogen) atoms. The summed E-state index contributed by atoms with van der Waals surface area (Å²) in [5, 5.41) is 4.02. The zero-order chi connectivity index (χ0) is 13.8. The molecule has 1 saturated carbocycles. The fourth-order valence-electron chi connectivity index (χ4n) is 2.33. The van der Waals surface area contributed by atoms with Gasteiger partial charge in [0.2, 0.25) is 5.88 Å². The Morgan fingerprint density at radius 1 is 1.35 bits per heavy atom. The van der Waals surface area contributed by atoms with Gasteiger partial charge in [0.25, 0.3) is 0 Å². The van der Waals surface area contributed by atoms with Gasteiger partial charge in [-0.25, -0.2) is 4.98 Å². The quantitative estimate of drug-likeness (QED) is 0.876. The summed E-state index contributed by atoms with van der Waals surface area (Å²) < 4.78 is 11.3. The lowest BCUT2D eigenvalue weighted by atomic mass is 10.1. The van der Waals surface area contributed by atoms with E-state index in [0.717, 1.165) is 31.6 Å². The van der Waals surface area contributed by atoms with Crippen LogP contribution in [-0.2, 0) is 11.3 Å². The highest BCUT2D eigenvalue weighted by Gasteiger charge is 2.20. The van der Waals surface area contributed by atoms with Crippen LogP contribution in [0.15, 0.2) is 12.3 Å². The maximum absolute atomic E-state index is 6.22. The van der Waals surface area contributed by atoms with E-state index >= 15 is 0 Å². The molecular weight excluding hydrogens is 276 g/mol. The van der Waals surface area contributed by atoms with Crippen LogP contribution in [0.3, 0.4) is 0 Å². The van der Waals surface area contributed by atoms with Crippen LogP contribution in [0.5, 0.6) is 5.88 Å². The van der Waals surface area contributed by atoms with Gasteiger partial charge in [-0.15, -0.1) is 0 Å². The van der Waals surface area contributed by atoms with Crippen molar-refractivity contribution in [2.75, 3.05) is 13.2 Å². The standard InChI is InChI=1S/C15H21ClN2O2/c16-14-7-11(8-17-12-4-5-12)9-18-15(14)20-10-13-3-1-2-6-19-13/h7,9,12-13,17H,1-6,8,10H2. The number of hydrogen-bond donors (Lipinski definition) is 1. The molecule has 1 aliphatic heterocycles. The van der Waals surface area contributed by atoms with E-state index < -0.39 is 0 Å². The molecule has 0 amide bonds. The SMILES string of the molecule is Clc1cc(CNC2CC2)cnc1OCC1CCCCO1. The Balaban J connectivity index is 1.50. The third kappa shape index (κ3) is 4.08. The van der Waals surface area contributed by atoms with E-state index in [9.17, 15) is 0 Å². The number of pyridine rings is 1. The van der Waals surface area contributed by atoms with E-state index in [1.807, 2.05) is 12.3 Å². The Kier molecular flexibility index (Phi) is 4.76. The molecule has 0 aromatic carbocycles. The molecule has 0 radical (unpaired) electrons. The molecule has 1 aliphatic carbocycles. The van der Waals surface area contributed by atoms with E-state index in [1.165, 1.54) is 19.3 Å². The molecule has 110 valence electrons. The Morgan fingerprint density at radius 2 is 2.25 bits per heavy atom. The highest BCUT2D eigenvalue weighted by Crippen LogP contribution is 2.24. The molecule has 0 spiro atoms. The van der Waals surface area contributed by atoms with Crippen LogP contribution in [0.4, 0.5) is 0 Å². The van der Waals surface area contributed by atoms with E-state index in [2.05, 4.69) is 10.3 Å². The van der Waals surface area contributed by atoms with Crippen LogP contribution in [0.2, 0.25) is 5.02 Å². The molecule has 2 aliphatic rings. The molecule has 1 aromatic heterocycles. The zero-order valence-corrected chi connectivity index (χ0v) is 12.4. The number of rotatable bonds is 6. The van der Waals surface area contributed by atoms with Gasteiger partial charge in [0.15, 0.2) is 0 Å². The van der Waals surface area contributed by atoms with Crippen molar-refractivity contribution >= 4 is 11.6 Å². The fourth-order valence-corrected chi connectivity index (χ4v) is 2.57. The van der Waals surface area contributed by atoms with Crippen molar-refractivity contribution in [2.24, 2.45) is 0 Å². The highest BCUT2D eigenvalue weighted by atomic mass is 35.5. The zero-order valence-electron chi connectivity index (χ0n) is 11.6. The minimum Gasteiger partial charge on any atom is -0.474 e. The van der Waals surface area contributed by atoms with Gasteiger partial charge in [0.1, 0.15) is 11.6 Å². The summed E-state index contributed by atoms with van der Waals surface area (Å²) in [7, 11) is 0. The van der Waals surface area contributed by atoms with Crippen molar-refractivity contribution in [1.82, 2.24) is 10.3 Å². The molecule has 1 saturated heterocycles. The van der Waals surface area contributed by atoms with E-state index in [-0.39, 0.29) is 6.10 Å². The normalized spacial score (nSPS) is 22.8. The lowest BCUT2D eigenvalue weighted by molar-refractivity contribution is -0.0119. The summed E-state index contributed by atoms with van der Waals surface area (Å²) in [5.41, 5.74) is 1.10. The second-order valence-electron chi connectivity index (χ2n) is 5.59. The molecular formula is C15H21ClN2O2. The van der Waals surface area contributed by atoms with Crippen LogP contribution in [0.25, 0.3) is 0 Å². The first kappa shape index (κ1) is 14.1. The number of nitrogens with zero attached hydrogens (tertiary/aromatic N) is 1. The highest BCUT2D eigenvalue weighted by molar-refractivity contribution is 6.31. The van der Waals surface area contributed by atoms with Crippen molar-refractivity contribution < 1.29 is 9.47 Å². The monoisotopic (exact) mass is 296 g/mol. The summed E-state index contributed by atoms with van der Waals surface area (Å²) >= 11 is 6.22. The van der Waals surface area contributed by atoms with Crippen molar-refractivity contribution in [3.8, 4) is 5.88 Å². The fraction of sp³-hybridized carbons (Fsp3) is 0.667. The van der Waals surface area contributed by atoms with Crippen molar-refractivity contribution in [3.05, 3.63) is 22.8 Å². The number of ether oxygens (including phenoxy) is 2. The van der Waals surface area contributed by atoms with Crippen LogP contribution in [0.1, 0.15) is 37.7 Å². The molecule has 1 unspecified atom stereocenters. The predicted octanol–water partition coefficient (Wildman–Crippen LogP) is 2.93. The van der Waals surface area contributed by atoms with Gasteiger partial charge in [0.05, 0.1) is 6.10 Å². The Morgan fingerprint density at radius 3 is 2.95 bits per heavy atom. The van der Waals surface area contributed by atoms with E-state index in [1.54, 1.807) is 0 Å². The topological polar surface area (TPSA) is 43.4 Å².